The van der Waals surface area contributed by atoms with E-state index in [-0.39, 0.29) is 0 Å². The van der Waals surface area contributed by atoms with Crippen LogP contribution in [0.25, 0.3) is 0 Å². The van der Waals surface area contributed by atoms with Crippen molar-refractivity contribution in [3.8, 4) is 11.5 Å². The summed E-state index contributed by atoms with van der Waals surface area (Å²) >= 11 is 2.23. The van der Waals surface area contributed by atoms with Crippen molar-refractivity contribution in [2.24, 2.45) is 0 Å². The standard InChI is InChI=1S/C15H16INO/c1-10(2)11-4-3-5-13(8-11)18-15-7-6-12(16)9-14(15)17/h3-10H,17H2,1-2H3. The molecule has 0 aliphatic heterocycles. The van der Waals surface area contributed by atoms with E-state index in [0.29, 0.717) is 17.4 Å². The lowest BCUT2D eigenvalue weighted by Crippen LogP contribution is -1.94. The molecule has 0 saturated carbocycles. The van der Waals surface area contributed by atoms with Gasteiger partial charge in [-0.1, -0.05) is 26.0 Å². The minimum Gasteiger partial charge on any atom is -0.455 e. The second kappa shape index (κ2) is 5.61. The highest BCUT2D eigenvalue weighted by Crippen LogP contribution is 2.30. The van der Waals surface area contributed by atoms with Crippen molar-refractivity contribution >= 4 is 28.3 Å². The largest absolute Gasteiger partial charge is 0.455 e. The number of rotatable bonds is 3. The van der Waals surface area contributed by atoms with Gasteiger partial charge in [-0.3, -0.25) is 0 Å². The first-order chi connectivity index (χ1) is 8.56. The summed E-state index contributed by atoms with van der Waals surface area (Å²) in [5.74, 6) is 2.02. The number of anilines is 1. The summed E-state index contributed by atoms with van der Waals surface area (Å²) in [4.78, 5) is 0. The van der Waals surface area contributed by atoms with Crippen LogP contribution in [0.5, 0.6) is 11.5 Å². The van der Waals surface area contributed by atoms with Gasteiger partial charge in [0.15, 0.2) is 0 Å². The summed E-state index contributed by atoms with van der Waals surface area (Å²) in [7, 11) is 0. The number of hydrogen-bond acceptors (Lipinski definition) is 2. The van der Waals surface area contributed by atoms with Crippen molar-refractivity contribution in [1.82, 2.24) is 0 Å². The van der Waals surface area contributed by atoms with Crippen molar-refractivity contribution in [2.75, 3.05) is 5.73 Å². The summed E-state index contributed by atoms with van der Waals surface area (Å²) in [6.45, 7) is 4.33. The molecule has 0 unspecified atom stereocenters. The first-order valence-electron chi connectivity index (χ1n) is 5.89. The highest BCUT2D eigenvalue weighted by Gasteiger charge is 2.05. The zero-order chi connectivity index (χ0) is 13.1. The molecule has 94 valence electrons. The average Bonchev–Trinajstić information content (AvgIpc) is 2.33. The van der Waals surface area contributed by atoms with Crippen LogP contribution in [0.4, 0.5) is 5.69 Å². The summed E-state index contributed by atoms with van der Waals surface area (Å²) in [5, 5.41) is 0. The fraction of sp³-hybridized carbons (Fsp3) is 0.200. The Morgan fingerprint density at radius 3 is 2.56 bits per heavy atom. The van der Waals surface area contributed by atoms with Crippen LogP contribution in [0, 0.1) is 3.57 Å². The van der Waals surface area contributed by atoms with Crippen molar-refractivity contribution in [1.29, 1.82) is 0 Å². The highest BCUT2D eigenvalue weighted by molar-refractivity contribution is 14.1. The molecule has 2 N–H and O–H groups in total. The molecule has 0 atom stereocenters. The Bertz CT molecular complexity index is 552. The molecule has 0 spiro atoms. The third kappa shape index (κ3) is 3.16. The number of halogens is 1. The van der Waals surface area contributed by atoms with E-state index in [1.165, 1.54) is 5.56 Å². The predicted octanol–water partition coefficient (Wildman–Crippen LogP) is 4.79. The van der Waals surface area contributed by atoms with Gasteiger partial charge in [0.2, 0.25) is 0 Å². The molecule has 2 rings (SSSR count). The van der Waals surface area contributed by atoms with Gasteiger partial charge in [0, 0.05) is 3.57 Å². The van der Waals surface area contributed by atoms with E-state index in [2.05, 4.69) is 48.6 Å². The Morgan fingerprint density at radius 1 is 1.11 bits per heavy atom. The van der Waals surface area contributed by atoms with Crippen molar-refractivity contribution in [2.45, 2.75) is 19.8 Å². The maximum Gasteiger partial charge on any atom is 0.150 e. The normalized spacial score (nSPS) is 10.7. The number of ether oxygens (including phenoxy) is 1. The van der Waals surface area contributed by atoms with Gasteiger partial charge in [0.1, 0.15) is 11.5 Å². The summed E-state index contributed by atoms with van der Waals surface area (Å²) in [5.41, 5.74) is 7.86. The molecule has 0 aliphatic carbocycles. The van der Waals surface area contributed by atoms with Crippen LogP contribution < -0.4 is 10.5 Å². The number of nitrogens with two attached hydrogens (primary N) is 1. The van der Waals surface area contributed by atoms with Crippen LogP contribution in [0.2, 0.25) is 0 Å². The smallest absolute Gasteiger partial charge is 0.150 e. The van der Waals surface area contributed by atoms with Gasteiger partial charge in [0.25, 0.3) is 0 Å². The lowest BCUT2D eigenvalue weighted by molar-refractivity contribution is 0.484. The molecule has 0 amide bonds. The fourth-order valence-electron chi connectivity index (χ4n) is 1.68. The molecule has 0 aliphatic rings. The van der Waals surface area contributed by atoms with Gasteiger partial charge in [-0.25, -0.2) is 0 Å². The Labute approximate surface area is 121 Å². The van der Waals surface area contributed by atoms with E-state index in [0.717, 1.165) is 9.32 Å². The van der Waals surface area contributed by atoms with Gasteiger partial charge in [-0.05, 0) is 64.4 Å². The Morgan fingerprint density at radius 2 is 1.89 bits per heavy atom. The van der Waals surface area contributed by atoms with E-state index in [9.17, 15) is 0 Å². The minimum absolute atomic E-state index is 0.489. The Kier molecular flexibility index (Phi) is 4.11. The van der Waals surface area contributed by atoms with Crippen LogP contribution in [0.15, 0.2) is 42.5 Å². The van der Waals surface area contributed by atoms with E-state index in [1.807, 2.05) is 30.3 Å². The number of nitrogen functional groups attached to an aromatic ring is 1. The van der Waals surface area contributed by atoms with E-state index in [4.69, 9.17) is 10.5 Å². The molecule has 2 aromatic carbocycles. The molecule has 0 bridgehead atoms. The molecule has 0 radical (unpaired) electrons. The van der Waals surface area contributed by atoms with Crippen LogP contribution in [0.3, 0.4) is 0 Å². The summed E-state index contributed by atoms with van der Waals surface area (Å²) < 4.78 is 6.93. The second-order valence-corrected chi connectivity index (χ2v) is 5.76. The molecular weight excluding hydrogens is 337 g/mol. The molecule has 18 heavy (non-hydrogen) atoms. The zero-order valence-electron chi connectivity index (χ0n) is 10.5. The quantitative estimate of drug-likeness (QED) is 0.636. The van der Waals surface area contributed by atoms with Crippen molar-refractivity contribution in [3.05, 3.63) is 51.6 Å². The third-order valence-corrected chi connectivity index (χ3v) is 3.40. The van der Waals surface area contributed by atoms with Crippen LogP contribution >= 0.6 is 22.6 Å². The van der Waals surface area contributed by atoms with Gasteiger partial charge < -0.3 is 10.5 Å². The van der Waals surface area contributed by atoms with Gasteiger partial charge >= 0.3 is 0 Å². The first-order valence-corrected chi connectivity index (χ1v) is 6.97. The van der Waals surface area contributed by atoms with E-state index >= 15 is 0 Å². The first kappa shape index (κ1) is 13.2. The maximum atomic E-state index is 5.94. The van der Waals surface area contributed by atoms with Crippen molar-refractivity contribution in [3.63, 3.8) is 0 Å². The molecule has 0 heterocycles. The lowest BCUT2D eigenvalue weighted by Gasteiger charge is -2.11. The van der Waals surface area contributed by atoms with Crippen molar-refractivity contribution < 1.29 is 4.74 Å². The zero-order valence-corrected chi connectivity index (χ0v) is 12.6. The average molecular weight is 353 g/mol. The van der Waals surface area contributed by atoms with Crippen LogP contribution in [-0.2, 0) is 0 Å². The minimum atomic E-state index is 0.489. The molecule has 2 aromatic rings. The highest BCUT2D eigenvalue weighted by atomic mass is 127. The van der Waals surface area contributed by atoms with Gasteiger partial charge in [0.05, 0.1) is 5.69 Å². The lowest BCUT2D eigenvalue weighted by atomic mass is 10.0. The second-order valence-electron chi connectivity index (χ2n) is 4.51. The predicted molar refractivity (Wildman–Crippen MR) is 84.2 cm³/mol. The fourth-order valence-corrected chi connectivity index (χ4v) is 2.19. The Hall–Kier alpha value is -1.23. The van der Waals surface area contributed by atoms with Gasteiger partial charge in [-0.15, -0.1) is 0 Å². The summed E-state index contributed by atoms with van der Waals surface area (Å²) in [6, 6.07) is 13.9. The summed E-state index contributed by atoms with van der Waals surface area (Å²) in [6.07, 6.45) is 0. The topological polar surface area (TPSA) is 35.2 Å². The third-order valence-electron chi connectivity index (χ3n) is 2.72. The number of benzene rings is 2. The van der Waals surface area contributed by atoms with E-state index in [1.54, 1.807) is 0 Å². The Balaban J connectivity index is 2.25. The van der Waals surface area contributed by atoms with Gasteiger partial charge in [-0.2, -0.15) is 0 Å². The monoisotopic (exact) mass is 353 g/mol. The molecule has 3 heteroatoms. The molecule has 0 aromatic heterocycles. The van der Waals surface area contributed by atoms with E-state index < -0.39 is 0 Å². The SMILES string of the molecule is CC(C)c1cccc(Oc2ccc(I)cc2N)c1. The maximum absolute atomic E-state index is 5.94. The number of hydrogen-bond donors (Lipinski definition) is 1. The molecular formula is C15H16INO. The molecule has 0 saturated heterocycles. The van der Waals surface area contributed by atoms with Crippen LogP contribution in [-0.4, -0.2) is 0 Å². The molecule has 0 fully saturated rings. The molecule has 2 nitrogen and oxygen atoms in total. The van der Waals surface area contributed by atoms with Crippen LogP contribution in [0.1, 0.15) is 25.3 Å².